The molecule has 3 atom stereocenters. The van der Waals surface area contributed by atoms with Gasteiger partial charge in [0.2, 0.25) is 11.8 Å². The third-order valence-corrected chi connectivity index (χ3v) is 7.87. The number of ether oxygens (including phenoxy) is 2. The number of morpholine rings is 1. The number of β-amino-alcohol motifs (C(OH)–C–C–N with tert-alkyl or cyclic N) is 1. The molecule has 2 fully saturated rings. The van der Waals surface area contributed by atoms with Gasteiger partial charge in [-0.3, -0.25) is 14.5 Å². The van der Waals surface area contributed by atoms with Crippen LogP contribution in [0, 0.1) is 17.8 Å². The average Bonchev–Trinajstić information content (AvgIpc) is 3.40. The number of benzene rings is 2. The lowest BCUT2D eigenvalue weighted by molar-refractivity contribution is -0.142. The highest BCUT2D eigenvalue weighted by atomic mass is 16.6. The molecular weight excluding hydrogens is 536 g/mol. The summed E-state index contributed by atoms with van der Waals surface area (Å²) >= 11 is 0. The maximum absolute atomic E-state index is 14.1. The molecule has 0 aliphatic carbocycles. The predicted octanol–water partition coefficient (Wildman–Crippen LogP) is 2.15. The van der Waals surface area contributed by atoms with E-state index in [-0.39, 0.29) is 25.4 Å². The van der Waals surface area contributed by atoms with E-state index in [1.807, 2.05) is 32.0 Å². The molecule has 1 unspecified atom stereocenters. The lowest BCUT2D eigenvalue weighted by atomic mass is 9.80. The summed E-state index contributed by atoms with van der Waals surface area (Å²) in [6.45, 7) is 7.67. The molecule has 0 saturated carbocycles. The van der Waals surface area contributed by atoms with Crippen molar-refractivity contribution in [2.75, 3.05) is 39.4 Å². The number of nitrogens with zero attached hydrogens (tertiary/aromatic N) is 2. The van der Waals surface area contributed by atoms with Crippen LogP contribution < -0.4 is 15.4 Å². The number of terminal acetylenes is 1. The van der Waals surface area contributed by atoms with Crippen LogP contribution in [0.1, 0.15) is 37.8 Å². The third kappa shape index (κ3) is 8.32. The van der Waals surface area contributed by atoms with Crippen LogP contribution in [0.3, 0.4) is 0 Å². The van der Waals surface area contributed by atoms with Gasteiger partial charge in [-0.25, -0.2) is 4.79 Å². The number of nitrogens with one attached hydrogen (secondary N) is 2. The molecule has 2 heterocycles. The van der Waals surface area contributed by atoms with Gasteiger partial charge in [-0.1, -0.05) is 50.1 Å². The molecule has 2 aliphatic rings. The molecule has 0 radical (unpaired) electrons. The topological polar surface area (TPSA) is 120 Å². The van der Waals surface area contributed by atoms with E-state index in [0.717, 1.165) is 24.2 Å². The van der Waals surface area contributed by atoms with E-state index in [2.05, 4.69) is 21.5 Å². The Labute approximate surface area is 247 Å². The Morgan fingerprint density at radius 1 is 1.12 bits per heavy atom. The quantitative estimate of drug-likeness (QED) is 0.371. The lowest BCUT2D eigenvalue weighted by Crippen LogP contribution is -2.59. The highest BCUT2D eigenvalue weighted by Gasteiger charge is 2.46. The first-order valence-electron chi connectivity index (χ1n) is 14.3. The van der Waals surface area contributed by atoms with Crippen molar-refractivity contribution in [3.8, 4) is 18.1 Å². The molecule has 10 nitrogen and oxygen atoms in total. The van der Waals surface area contributed by atoms with Crippen LogP contribution in [-0.2, 0) is 20.9 Å². The Balaban J connectivity index is 1.49. The Morgan fingerprint density at radius 2 is 1.81 bits per heavy atom. The predicted molar refractivity (Wildman–Crippen MR) is 157 cm³/mol. The van der Waals surface area contributed by atoms with E-state index in [1.165, 1.54) is 4.90 Å². The maximum Gasteiger partial charge on any atom is 0.413 e. The van der Waals surface area contributed by atoms with Crippen LogP contribution >= 0.6 is 0 Å². The van der Waals surface area contributed by atoms with Crippen molar-refractivity contribution in [2.24, 2.45) is 5.41 Å². The molecular formula is C32H40N4O6. The van der Waals surface area contributed by atoms with Crippen LogP contribution in [0.4, 0.5) is 4.79 Å². The van der Waals surface area contributed by atoms with Crippen LogP contribution in [-0.4, -0.2) is 90.4 Å². The van der Waals surface area contributed by atoms with E-state index < -0.39 is 35.6 Å². The molecule has 0 bridgehead atoms. The molecule has 2 aromatic rings. The standard InChI is InChI=1S/C32H40N4O6/c1-4-23-10-12-24(13-11-23)21-33-29(38)27-20-25(37)22-36(27)30(39)28(34-31(40)42-26-8-6-5-7-9-26)32(2,3)14-15-35-16-18-41-19-17-35/h1,5-13,25,27-28,37H,14-22H2,2-3H3,(H,33,38)(H,34,40)/t25-,27+,28?/m1/s1. The van der Waals surface area contributed by atoms with Gasteiger partial charge in [0, 0.05) is 38.2 Å². The van der Waals surface area contributed by atoms with E-state index in [9.17, 15) is 19.5 Å². The number of carbonyl (C=O) groups excluding carboxylic acids is 3. The number of likely N-dealkylation sites (tertiary alicyclic amines) is 1. The maximum atomic E-state index is 14.1. The largest absolute Gasteiger partial charge is 0.413 e. The number of para-hydroxylation sites is 1. The molecule has 3 amide bonds. The Morgan fingerprint density at radius 3 is 2.48 bits per heavy atom. The first kappa shape index (κ1) is 31.0. The summed E-state index contributed by atoms with van der Waals surface area (Å²) in [5.41, 5.74) is 0.880. The fourth-order valence-corrected chi connectivity index (χ4v) is 5.25. The molecule has 224 valence electrons. The third-order valence-electron chi connectivity index (χ3n) is 7.87. The van der Waals surface area contributed by atoms with Crippen LogP contribution in [0.25, 0.3) is 0 Å². The Hall–Kier alpha value is -3.91. The fourth-order valence-electron chi connectivity index (χ4n) is 5.25. The van der Waals surface area contributed by atoms with Gasteiger partial charge in [0.25, 0.3) is 0 Å². The van der Waals surface area contributed by atoms with Crippen LogP contribution in [0.2, 0.25) is 0 Å². The smallest absolute Gasteiger partial charge is 0.410 e. The van der Waals surface area contributed by atoms with Crippen molar-refractivity contribution in [3.05, 3.63) is 65.7 Å². The zero-order valence-corrected chi connectivity index (χ0v) is 24.3. The number of hydrogen-bond acceptors (Lipinski definition) is 7. The van der Waals surface area contributed by atoms with E-state index >= 15 is 0 Å². The van der Waals surface area contributed by atoms with E-state index in [1.54, 1.807) is 36.4 Å². The van der Waals surface area contributed by atoms with Crippen molar-refractivity contribution in [1.82, 2.24) is 20.4 Å². The minimum absolute atomic E-state index is 0.0146. The van der Waals surface area contributed by atoms with Gasteiger partial charge in [-0.05, 0) is 48.2 Å². The normalized spacial score (nSPS) is 19.9. The Kier molecular flexibility index (Phi) is 10.6. The van der Waals surface area contributed by atoms with Crippen molar-refractivity contribution >= 4 is 17.9 Å². The molecule has 2 aliphatic heterocycles. The zero-order chi connectivity index (χ0) is 30.1. The number of amides is 3. The molecule has 0 spiro atoms. The SMILES string of the molecule is C#Cc1ccc(CNC(=O)[C@@H]2C[C@@H](O)CN2C(=O)C(NC(=O)Oc2ccccc2)C(C)(C)CCN2CCOCC2)cc1. The second-order valence-corrected chi connectivity index (χ2v) is 11.4. The fraction of sp³-hybridized carbons (Fsp3) is 0.469. The van der Waals surface area contributed by atoms with Gasteiger partial charge >= 0.3 is 6.09 Å². The molecule has 2 aromatic carbocycles. The summed E-state index contributed by atoms with van der Waals surface area (Å²) < 4.78 is 10.9. The average molecular weight is 577 g/mol. The second-order valence-electron chi connectivity index (χ2n) is 11.4. The summed E-state index contributed by atoms with van der Waals surface area (Å²) in [7, 11) is 0. The number of hydrogen-bond donors (Lipinski definition) is 3. The van der Waals surface area contributed by atoms with Crippen molar-refractivity contribution in [1.29, 1.82) is 0 Å². The zero-order valence-electron chi connectivity index (χ0n) is 24.3. The van der Waals surface area contributed by atoms with Gasteiger partial charge < -0.3 is 30.1 Å². The van der Waals surface area contributed by atoms with E-state index in [0.29, 0.717) is 31.9 Å². The highest BCUT2D eigenvalue weighted by molar-refractivity contribution is 5.92. The number of aliphatic hydroxyl groups is 1. The monoisotopic (exact) mass is 576 g/mol. The summed E-state index contributed by atoms with van der Waals surface area (Å²) in [4.78, 5) is 44.1. The lowest BCUT2D eigenvalue weighted by Gasteiger charge is -2.39. The summed E-state index contributed by atoms with van der Waals surface area (Å²) in [5.74, 6) is 2.08. The summed E-state index contributed by atoms with van der Waals surface area (Å²) in [5, 5.41) is 16.2. The molecule has 10 heteroatoms. The van der Waals surface area contributed by atoms with Gasteiger partial charge in [-0.15, -0.1) is 6.42 Å². The molecule has 4 rings (SSSR count). The second kappa shape index (κ2) is 14.3. The van der Waals surface area contributed by atoms with Crippen LogP contribution in [0.5, 0.6) is 5.75 Å². The van der Waals surface area contributed by atoms with Crippen molar-refractivity contribution in [2.45, 2.75) is 51.4 Å². The first-order valence-corrected chi connectivity index (χ1v) is 14.3. The minimum Gasteiger partial charge on any atom is -0.410 e. The molecule has 0 aromatic heterocycles. The summed E-state index contributed by atoms with van der Waals surface area (Å²) in [6.07, 6.45) is 4.48. The van der Waals surface area contributed by atoms with Gasteiger partial charge in [0.05, 0.1) is 19.3 Å². The molecule has 3 N–H and O–H groups in total. The minimum atomic E-state index is -1.01. The van der Waals surface area contributed by atoms with E-state index in [4.69, 9.17) is 15.9 Å². The first-order chi connectivity index (χ1) is 20.2. The molecule has 42 heavy (non-hydrogen) atoms. The van der Waals surface area contributed by atoms with Gasteiger partial charge in [0.1, 0.15) is 17.8 Å². The van der Waals surface area contributed by atoms with Gasteiger partial charge in [-0.2, -0.15) is 0 Å². The highest BCUT2D eigenvalue weighted by Crippen LogP contribution is 2.30. The number of rotatable bonds is 10. The number of aliphatic hydroxyl groups excluding tert-OH is 1. The van der Waals surface area contributed by atoms with Gasteiger partial charge in [0.15, 0.2) is 0 Å². The summed E-state index contributed by atoms with van der Waals surface area (Å²) in [6, 6.07) is 13.9. The van der Waals surface area contributed by atoms with Crippen molar-refractivity contribution < 1.29 is 29.0 Å². The Bertz CT molecular complexity index is 1250. The number of carbonyl (C=O) groups is 3. The van der Waals surface area contributed by atoms with Crippen LogP contribution in [0.15, 0.2) is 54.6 Å². The molecule has 2 saturated heterocycles. The van der Waals surface area contributed by atoms with Crippen molar-refractivity contribution in [3.63, 3.8) is 0 Å².